The van der Waals surface area contributed by atoms with Gasteiger partial charge >= 0.3 is 0 Å². The van der Waals surface area contributed by atoms with Gasteiger partial charge in [-0.2, -0.15) is 0 Å². The molecule has 32 heteroatoms. The van der Waals surface area contributed by atoms with Crippen molar-refractivity contribution in [2.24, 2.45) is 51.0 Å². The van der Waals surface area contributed by atoms with Gasteiger partial charge in [0, 0.05) is 45.3 Å². The molecule has 2 aromatic rings. The van der Waals surface area contributed by atoms with Crippen molar-refractivity contribution < 1.29 is 67.4 Å². The van der Waals surface area contributed by atoms with E-state index >= 15 is 0 Å². The fraction of sp³-hybridized carbons (Fsp3) is 0.594. The lowest BCUT2D eigenvalue weighted by molar-refractivity contribution is -0.144. The van der Waals surface area contributed by atoms with Crippen molar-refractivity contribution in [2.75, 3.05) is 32.7 Å². The molecular weight excluding hydrogens is 1240 g/mol. The van der Waals surface area contributed by atoms with Gasteiger partial charge in [-0.1, -0.05) is 76.1 Å². The van der Waals surface area contributed by atoms with Crippen molar-refractivity contribution in [3.8, 4) is 5.75 Å². The highest BCUT2D eigenvalue weighted by Gasteiger charge is 2.42. The Bertz CT molecular complexity index is 3010. The third-order valence-corrected chi connectivity index (χ3v) is 16.4. The van der Waals surface area contributed by atoms with Gasteiger partial charge in [-0.3, -0.25) is 67.3 Å². The summed E-state index contributed by atoms with van der Waals surface area (Å²) < 4.78 is 0. The minimum Gasteiger partial charge on any atom is -0.508 e. The van der Waals surface area contributed by atoms with Crippen LogP contribution in [0.2, 0.25) is 0 Å². The maximum atomic E-state index is 14.7. The van der Waals surface area contributed by atoms with Crippen LogP contribution in [0.25, 0.3) is 0 Å². The highest BCUT2D eigenvalue weighted by atomic mass is 16.3. The Morgan fingerprint density at radius 1 is 0.542 bits per heavy atom. The summed E-state index contributed by atoms with van der Waals surface area (Å²) in [5.41, 5.74) is 40.4. The van der Waals surface area contributed by atoms with E-state index in [-0.39, 0.29) is 88.8 Å². The van der Waals surface area contributed by atoms with Crippen LogP contribution >= 0.6 is 0 Å². The maximum Gasteiger partial charge on any atom is 0.245 e. The molecule has 0 aliphatic carbocycles. The number of aromatic hydroxyl groups is 1. The lowest BCUT2D eigenvalue weighted by Gasteiger charge is -2.32. The van der Waals surface area contributed by atoms with E-state index in [9.17, 15) is 67.4 Å². The van der Waals surface area contributed by atoms with Crippen LogP contribution in [-0.2, 0) is 75.2 Å². The highest BCUT2D eigenvalue weighted by molar-refractivity contribution is 5.99. The molecule has 2 aromatic carbocycles. The van der Waals surface area contributed by atoms with Crippen molar-refractivity contribution in [2.45, 2.75) is 203 Å². The number of nitrogens with zero attached hydrogens (tertiary/aromatic N) is 3. The van der Waals surface area contributed by atoms with Crippen LogP contribution in [0.1, 0.15) is 141 Å². The van der Waals surface area contributed by atoms with Crippen LogP contribution < -0.4 is 82.7 Å². The fourth-order valence-electron chi connectivity index (χ4n) is 11.2. The Balaban J connectivity index is 1.58. The normalized spacial score (nSPS) is 16.8. The van der Waals surface area contributed by atoms with E-state index in [1.165, 1.54) is 34.1 Å². The van der Waals surface area contributed by atoms with E-state index in [2.05, 4.69) is 47.5 Å². The fourth-order valence-corrected chi connectivity index (χ4v) is 11.2. The zero-order chi connectivity index (χ0) is 71.0. The van der Waals surface area contributed by atoms with Crippen LogP contribution in [0.15, 0.2) is 59.6 Å². The molecule has 0 unspecified atom stereocenters. The van der Waals surface area contributed by atoms with E-state index in [0.29, 0.717) is 56.1 Å². The minimum absolute atomic E-state index is 0.0647. The quantitative estimate of drug-likeness (QED) is 0.0174. The van der Waals surface area contributed by atoms with Crippen molar-refractivity contribution in [1.82, 2.24) is 52.3 Å². The van der Waals surface area contributed by atoms with Crippen LogP contribution in [0.5, 0.6) is 5.75 Å². The molecule has 2 heterocycles. The smallest absolute Gasteiger partial charge is 0.245 e. The number of nitrogens with one attached hydrogen (secondary N) is 8. The predicted octanol–water partition coefficient (Wildman–Crippen LogP) is -3.57. The van der Waals surface area contributed by atoms with Crippen molar-refractivity contribution in [3.63, 3.8) is 0 Å². The first-order valence-electron chi connectivity index (χ1n) is 32.8. The van der Waals surface area contributed by atoms with Gasteiger partial charge < -0.3 is 97.6 Å². The van der Waals surface area contributed by atoms with Gasteiger partial charge in [0.05, 0.1) is 12.6 Å². The molecule has 0 radical (unpaired) electrons. The van der Waals surface area contributed by atoms with Crippen molar-refractivity contribution in [1.29, 1.82) is 0 Å². The summed E-state index contributed by atoms with van der Waals surface area (Å²) in [5, 5.41) is 31.0. The number of hydrogen-bond donors (Lipinski definition) is 16. The van der Waals surface area contributed by atoms with E-state index in [1.54, 1.807) is 30.3 Å². The summed E-state index contributed by atoms with van der Waals surface area (Å²) in [7, 11) is 0. The standard InChI is InChI=1S/C64H100N18O14/c1-4-5-17-42(54(69)87)75-58(91)46(33-37(2)3)74-53(86)36-73-55(88)47(35-39-21-23-40(83)24-22-39)79-59(92)48(34-38-14-7-6-8-15-38)80-57(90)43(25-27-51(67)84)76-56(89)44(26-28-52(68)85)77-60(93)50-20-13-32-82(50)63(96)45(18-9-10-29-65)78-61(94)49-19-12-31-81(49)62(95)41(66)16-11-30-72-64(70)71/h6-8,14-15,21-24,37,41-50,83H,4-5,9-13,16-20,25-36,65-66H2,1-3H3,(H2,67,84)(H2,68,85)(H2,69,87)(H,73,88)(H,74,86)(H,75,91)(H,76,89)(H,77,93)(H,78,94)(H,79,92)(H,80,90)(H4,70,71,72)/t41-,42-,43-,44-,45-,46-,47-,48-,49-,50-/m0/s1. The molecule has 0 bridgehead atoms. The lowest BCUT2D eigenvalue weighted by atomic mass is 10.0. The van der Waals surface area contributed by atoms with E-state index < -0.39 is 169 Å². The van der Waals surface area contributed by atoms with Gasteiger partial charge in [-0.15, -0.1) is 0 Å². The van der Waals surface area contributed by atoms with Crippen molar-refractivity contribution >= 4 is 82.8 Å². The number of unbranched alkanes of at least 4 members (excludes halogenated alkanes) is 2. The van der Waals surface area contributed by atoms with Crippen LogP contribution in [0.4, 0.5) is 0 Å². The van der Waals surface area contributed by atoms with Gasteiger partial charge in [0.25, 0.3) is 0 Å². The molecule has 0 spiro atoms. The van der Waals surface area contributed by atoms with Crippen LogP contribution in [0, 0.1) is 5.92 Å². The number of phenolic OH excluding ortho intramolecular Hbond substituents is 1. The summed E-state index contributed by atoms with van der Waals surface area (Å²) in [5.74, 6) is -10.7. The molecule has 2 saturated heterocycles. The molecule has 0 saturated carbocycles. The molecule has 0 aromatic heterocycles. The monoisotopic (exact) mass is 1340 g/mol. The van der Waals surface area contributed by atoms with Crippen LogP contribution in [-0.4, -0.2) is 191 Å². The zero-order valence-electron chi connectivity index (χ0n) is 55.2. The number of aliphatic imine (C=N–C) groups is 1. The lowest BCUT2D eigenvalue weighted by Crippen LogP contribution is -2.60. The molecule has 10 atom stereocenters. The number of carbonyl (C=O) groups is 13. The Morgan fingerprint density at radius 2 is 1.03 bits per heavy atom. The number of guanidine groups is 1. The first-order valence-corrected chi connectivity index (χ1v) is 32.8. The Hall–Kier alpha value is -9.46. The number of nitrogens with two attached hydrogens (primary N) is 7. The minimum atomic E-state index is -1.67. The van der Waals surface area contributed by atoms with Gasteiger partial charge in [-0.25, -0.2) is 0 Å². The molecule has 2 aliphatic rings. The molecule has 23 N–H and O–H groups in total. The predicted molar refractivity (Wildman–Crippen MR) is 354 cm³/mol. The van der Waals surface area contributed by atoms with E-state index in [1.807, 2.05) is 20.8 Å². The maximum absolute atomic E-state index is 14.7. The van der Waals surface area contributed by atoms with Gasteiger partial charge in [0.1, 0.15) is 60.1 Å². The third-order valence-electron chi connectivity index (χ3n) is 16.4. The van der Waals surface area contributed by atoms with E-state index in [0.717, 1.165) is 6.42 Å². The highest BCUT2D eigenvalue weighted by Crippen LogP contribution is 2.24. The topological polar surface area (TPSA) is 539 Å². The Labute approximate surface area is 559 Å². The second-order valence-electron chi connectivity index (χ2n) is 24.7. The first-order chi connectivity index (χ1) is 45.6. The number of amides is 13. The van der Waals surface area contributed by atoms with Crippen LogP contribution in [0.3, 0.4) is 0 Å². The molecule has 2 aliphatic heterocycles. The largest absolute Gasteiger partial charge is 0.508 e. The van der Waals surface area contributed by atoms with Crippen molar-refractivity contribution in [3.05, 3.63) is 65.7 Å². The zero-order valence-corrected chi connectivity index (χ0v) is 55.2. The second-order valence-corrected chi connectivity index (χ2v) is 24.7. The molecular formula is C64H100N18O14. The molecule has 530 valence electrons. The number of hydrogen-bond acceptors (Lipinski definition) is 17. The summed E-state index contributed by atoms with van der Waals surface area (Å²) in [6, 6.07) is 1.32. The Morgan fingerprint density at radius 3 is 1.56 bits per heavy atom. The Kier molecular flexibility index (Phi) is 33.5. The van der Waals surface area contributed by atoms with Gasteiger partial charge in [-0.05, 0) is 119 Å². The number of likely N-dealkylation sites (tertiary alicyclic amines) is 2. The number of carbonyl (C=O) groups excluding carboxylic acids is 13. The van der Waals surface area contributed by atoms with E-state index in [4.69, 9.17) is 40.1 Å². The molecule has 4 rings (SSSR count). The number of benzene rings is 2. The summed E-state index contributed by atoms with van der Waals surface area (Å²) in [6.07, 6.45) is 2.36. The number of rotatable bonds is 42. The molecule has 2 fully saturated rings. The number of primary amides is 3. The third kappa shape index (κ3) is 27.1. The van der Waals surface area contributed by atoms with Gasteiger partial charge in [0.2, 0.25) is 76.8 Å². The average molecular weight is 1350 g/mol. The summed E-state index contributed by atoms with van der Waals surface area (Å²) in [6.45, 7) is 5.69. The summed E-state index contributed by atoms with van der Waals surface area (Å²) in [4.78, 5) is 185. The molecule has 13 amide bonds. The second kappa shape index (κ2) is 40.7. The SMILES string of the molecule is CCCC[C@H](NC(=O)[C@H](CC(C)C)NC(=O)CNC(=O)[C@H](Cc1ccc(O)cc1)NC(=O)[C@H](Cc1ccccc1)NC(=O)[C@H](CCC(N)=O)NC(=O)[C@H](CCC(N)=O)NC(=O)[C@@H]1CCCN1C(=O)[C@H](CCCCN)NC(=O)[C@@H]1CCCN1C(=O)[C@@H](N)CCCN=C(N)N)C(N)=O. The molecule has 96 heavy (non-hydrogen) atoms. The average Bonchev–Trinajstić information content (AvgIpc) is 1.63. The first kappa shape index (κ1) is 79.0. The number of phenols is 1. The van der Waals surface area contributed by atoms with Gasteiger partial charge in [0.15, 0.2) is 5.96 Å². The molecule has 32 nitrogen and oxygen atoms in total. The summed E-state index contributed by atoms with van der Waals surface area (Å²) >= 11 is 0.